The fourth-order valence-corrected chi connectivity index (χ4v) is 4.59. The zero-order valence-electron chi connectivity index (χ0n) is 18.0. The van der Waals surface area contributed by atoms with E-state index in [2.05, 4.69) is 4.72 Å². The van der Waals surface area contributed by atoms with Crippen LogP contribution in [0, 0.1) is 0 Å². The van der Waals surface area contributed by atoms with Crippen molar-refractivity contribution in [2.45, 2.75) is 18.0 Å². The van der Waals surface area contributed by atoms with E-state index in [-0.39, 0.29) is 10.8 Å². The second-order valence-corrected chi connectivity index (χ2v) is 9.31. The number of anilines is 1. The highest BCUT2D eigenvalue weighted by Crippen LogP contribution is 2.20. The van der Waals surface area contributed by atoms with Crippen LogP contribution in [0.5, 0.6) is 0 Å². The number of nitrogens with zero attached hydrogens (tertiary/aromatic N) is 1. The summed E-state index contributed by atoms with van der Waals surface area (Å²) in [7, 11) is -3.75. The third kappa shape index (κ3) is 5.87. The molecule has 4 aromatic carbocycles. The Hall–Kier alpha value is -3.90. The minimum absolute atomic E-state index is 0.163. The van der Waals surface area contributed by atoms with E-state index in [1.165, 1.54) is 12.1 Å². The molecule has 0 spiro atoms. The summed E-state index contributed by atoms with van der Waals surface area (Å²) in [5, 5.41) is 0. The summed E-state index contributed by atoms with van der Waals surface area (Å²) in [6.07, 6.45) is 0. The highest BCUT2D eigenvalue weighted by molar-refractivity contribution is 7.92. The van der Waals surface area contributed by atoms with E-state index >= 15 is 0 Å². The summed E-state index contributed by atoms with van der Waals surface area (Å²) in [5.41, 5.74) is 2.78. The molecule has 6 heteroatoms. The van der Waals surface area contributed by atoms with Gasteiger partial charge in [0, 0.05) is 24.3 Å². The highest BCUT2D eigenvalue weighted by atomic mass is 32.2. The maximum atomic E-state index is 13.5. The monoisotopic (exact) mass is 456 g/mol. The lowest BCUT2D eigenvalue weighted by Gasteiger charge is -2.23. The quantitative estimate of drug-likeness (QED) is 0.390. The molecule has 0 radical (unpaired) electrons. The average molecular weight is 457 g/mol. The van der Waals surface area contributed by atoms with Gasteiger partial charge >= 0.3 is 0 Å². The van der Waals surface area contributed by atoms with E-state index in [0.29, 0.717) is 24.3 Å². The Bertz CT molecular complexity index is 1270. The molecule has 0 aliphatic rings. The first-order chi connectivity index (χ1) is 16.0. The number of carbonyl (C=O) groups is 1. The van der Waals surface area contributed by atoms with Crippen molar-refractivity contribution in [1.29, 1.82) is 0 Å². The fourth-order valence-electron chi connectivity index (χ4n) is 3.52. The summed E-state index contributed by atoms with van der Waals surface area (Å²) >= 11 is 0. The van der Waals surface area contributed by atoms with Crippen molar-refractivity contribution in [3.05, 3.63) is 132 Å². The fraction of sp³-hybridized carbons (Fsp3) is 0.0741. The van der Waals surface area contributed by atoms with E-state index in [4.69, 9.17) is 0 Å². The van der Waals surface area contributed by atoms with Crippen molar-refractivity contribution in [1.82, 2.24) is 4.90 Å². The lowest BCUT2D eigenvalue weighted by molar-refractivity contribution is 0.0730. The predicted octanol–water partition coefficient (Wildman–Crippen LogP) is 5.33. The van der Waals surface area contributed by atoms with E-state index in [9.17, 15) is 13.2 Å². The SMILES string of the molecule is O=C(c1cccc(NS(=O)(=O)c2ccccc2)c1)N(Cc1ccccc1)Cc1ccccc1. The first kappa shape index (κ1) is 22.3. The molecule has 0 aromatic heterocycles. The van der Waals surface area contributed by atoms with E-state index in [0.717, 1.165) is 11.1 Å². The molecule has 0 bridgehead atoms. The molecule has 33 heavy (non-hydrogen) atoms. The summed E-state index contributed by atoms with van der Waals surface area (Å²) in [4.78, 5) is 15.4. The highest BCUT2D eigenvalue weighted by Gasteiger charge is 2.19. The van der Waals surface area contributed by atoms with Gasteiger partial charge in [-0.25, -0.2) is 8.42 Å². The molecule has 0 unspecified atom stereocenters. The molecule has 0 heterocycles. The Morgan fingerprint density at radius 3 is 1.73 bits per heavy atom. The number of amides is 1. The van der Waals surface area contributed by atoms with Gasteiger partial charge in [-0.3, -0.25) is 9.52 Å². The topological polar surface area (TPSA) is 66.5 Å². The summed E-state index contributed by atoms with van der Waals surface area (Å²) in [6.45, 7) is 0.878. The van der Waals surface area contributed by atoms with Crippen LogP contribution >= 0.6 is 0 Å². The van der Waals surface area contributed by atoms with Crippen molar-refractivity contribution >= 4 is 21.6 Å². The minimum atomic E-state index is -3.75. The van der Waals surface area contributed by atoms with E-state index in [1.807, 2.05) is 60.7 Å². The molecule has 0 aliphatic heterocycles. The largest absolute Gasteiger partial charge is 0.330 e. The second kappa shape index (κ2) is 10.1. The van der Waals surface area contributed by atoms with Gasteiger partial charge in [0.1, 0.15) is 0 Å². The normalized spacial score (nSPS) is 11.0. The Kier molecular flexibility index (Phi) is 6.86. The van der Waals surface area contributed by atoms with Gasteiger partial charge in [0.15, 0.2) is 0 Å². The lowest BCUT2D eigenvalue weighted by atomic mass is 10.1. The first-order valence-electron chi connectivity index (χ1n) is 10.6. The van der Waals surface area contributed by atoms with Crippen LogP contribution in [-0.2, 0) is 23.1 Å². The van der Waals surface area contributed by atoms with Crippen molar-refractivity contribution in [2.24, 2.45) is 0 Å². The van der Waals surface area contributed by atoms with Crippen LogP contribution in [0.3, 0.4) is 0 Å². The van der Waals surface area contributed by atoms with Crippen LogP contribution < -0.4 is 4.72 Å². The summed E-state index contributed by atoms with van der Waals surface area (Å²) in [6, 6.07) is 34.3. The number of hydrogen-bond donors (Lipinski definition) is 1. The maximum absolute atomic E-state index is 13.5. The number of nitrogens with one attached hydrogen (secondary N) is 1. The van der Waals surface area contributed by atoms with Crippen LogP contribution in [0.15, 0.2) is 120 Å². The number of sulfonamides is 1. The molecule has 166 valence electrons. The van der Waals surface area contributed by atoms with Crippen molar-refractivity contribution in [2.75, 3.05) is 4.72 Å². The first-order valence-corrected chi connectivity index (χ1v) is 12.0. The molecule has 0 saturated carbocycles. The van der Waals surface area contributed by atoms with Gasteiger partial charge in [-0.15, -0.1) is 0 Å². The summed E-state index contributed by atoms with van der Waals surface area (Å²) in [5.74, 6) is -0.177. The third-order valence-corrected chi connectivity index (χ3v) is 6.53. The molecular weight excluding hydrogens is 432 g/mol. The van der Waals surface area contributed by atoms with Crippen LogP contribution in [0.1, 0.15) is 21.5 Å². The Balaban J connectivity index is 1.59. The molecule has 5 nitrogen and oxygen atoms in total. The molecule has 1 N–H and O–H groups in total. The molecule has 1 amide bonds. The minimum Gasteiger partial charge on any atom is -0.330 e. The number of rotatable bonds is 8. The summed E-state index contributed by atoms with van der Waals surface area (Å²) < 4.78 is 28.0. The standard InChI is InChI=1S/C27H24N2O3S/c30-27(29(20-22-11-4-1-5-12-22)21-23-13-6-2-7-14-23)24-15-10-16-25(19-24)28-33(31,32)26-17-8-3-9-18-26/h1-19,28H,20-21H2. The van der Waals surface area contributed by atoms with Crippen molar-refractivity contribution in [3.63, 3.8) is 0 Å². The van der Waals surface area contributed by atoms with Crippen LogP contribution in [0.25, 0.3) is 0 Å². The van der Waals surface area contributed by atoms with E-state index in [1.54, 1.807) is 47.4 Å². The van der Waals surface area contributed by atoms with E-state index < -0.39 is 10.0 Å². The van der Waals surface area contributed by atoms with Gasteiger partial charge in [0.05, 0.1) is 4.90 Å². The van der Waals surface area contributed by atoms with Crippen LogP contribution in [-0.4, -0.2) is 19.2 Å². The Morgan fingerprint density at radius 2 is 1.18 bits per heavy atom. The number of carbonyl (C=O) groups excluding carboxylic acids is 1. The zero-order chi connectivity index (χ0) is 23.1. The molecule has 0 saturated heterocycles. The average Bonchev–Trinajstić information content (AvgIpc) is 2.85. The van der Waals surface area contributed by atoms with Gasteiger partial charge in [0.25, 0.3) is 15.9 Å². The smallest absolute Gasteiger partial charge is 0.261 e. The van der Waals surface area contributed by atoms with Gasteiger partial charge in [-0.05, 0) is 41.5 Å². The predicted molar refractivity (Wildman–Crippen MR) is 130 cm³/mol. The lowest BCUT2D eigenvalue weighted by Crippen LogP contribution is -2.30. The van der Waals surface area contributed by atoms with Gasteiger partial charge in [-0.2, -0.15) is 0 Å². The van der Waals surface area contributed by atoms with Gasteiger partial charge < -0.3 is 4.90 Å². The van der Waals surface area contributed by atoms with Gasteiger partial charge in [-0.1, -0.05) is 84.9 Å². The number of benzene rings is 4. The molecule has 0 aliphatic carbocycles. The van der Waals surface area contributed by atoms with Gasteiger partial charge in [0.2, 0.25) is 0 Å². The third-order valence-electron chi connectivity index (χ3n) is 5.13. The van der Waals surface area contributed by atoms with Crippen LogP contribution in [0.2, 0.25) is 0 Å². The zero-order valence-corrected chi connectivity index (χ0v) is 18.8. The molecule has 4 rings (SSSR count). The molecule has 4 aromatic rings. The van der Waals surface area contributed by atoms with Crippen LogP contribution in [0.4, 0.5) is 5.69 Å². The van der Waals surface area contributed by atoms with Crippen molar-refractivity contribution in [3.8, 4) is 0 Å². The maximum Gasteiger partial charge on any atom is 0.261 e. The second-order valence-electron chi connectivity index (χ2n) is 7.63. The van der Waals surface area contributed by atoms with Crippen molar-refractivity contribution < 1.29 is 13.2 Å². The molecular formula is C27H24N2O3S. The Morgan fingerprint density at radius 1 is 0.667 bits per heavy atom. The molecule has 0 atom stereocenters. The molecule has 0 fully saturated rings. The Labute approximate surface area is 194 Å². The number of hydrogen-bond acceptors (Lipinski definition) is 3.